The van der Waals surface area contributed by atoms with Crippen molar-refractivity contribution in [1.29, 1.82) is 0 Å². The number of piperidine rings is 1. The maximum atomic E-state index is 14.0. The zero-order valence-electron chi connectivity index (χ0n) is 21.8. The molecular formula is C29H30ClF2N7O. The quantitative estimate of drug-likeness (QED) is 0.199. The Bertz CT molecular complexity index is 1520. The SMILES string of the molecule is Fc1ccc(F)c(COc2cncc(-c3ccc4[nH]cc(CN5CCCCC5)c4c3)c2)c1Cl.NN1N=CC=CN1. The molecule has 0 radical (unpaired) electrons. The van der Waals surface area contributed by atoms with Crippen LogP contribution >= 0.6 is 11.6 Å². The Morgan fingerprint density at radius 3 is 2.58 bits per heavy atom. The number of nitrogens with zero attached hydrogens (tertiary/aromatic N) is 4. The number of ether oxygens (including phenoxy) is 1. The predicted octanol–water partition coefficient (Wildman–Crippen LogP) is 5.91. The molecule has 1 saturated heterocycles. The maximum Gasteiger partial charge on any atom is 0.142 e. The summed E-state index contributed by atoms with van der Waals surface area (Å²) in [5, 5.41) is 5.67. The molecule has 0 spiro atoms. The number of nitrogens with two attached hydrogens (primary N) is 1. The fourth-order valence-corrected chi connectivity index (χ4v) is 4.87. The molecule has 8 nitrogen and oxygen atoms in total. The van der Waals surface area contributed by atoms with E-state index in [1.165, 1.54) is 30.2 Å². The van der Waals surface area contributed by atoms with Crippen LogP contribution in [0, 0.1) is 11.6 Å². The number of aromatic nitrogens is 2. The summed E-state index contributed by atoms with van der Waals surface area (Å²) in [5.74, 6) is 4.28. The second-order valence-corrected chi connectivity index (χ2v) is 9.91. The molecule has 0 saturated carbocycles. The fraction of sp³-hybridized carbons (Fsp3) is 0.241. The van der Waals surface area contributed by atoms with Crippen LogP contribution in [0.5, 0.6) is 5.75 Å². The third-order valence-corrected chi connectivity index (χ3v) is 7.17. The van der Waals surface area contributed by atoms with Crippen molar-refractivity contribution in [3.05, 3.63) is 95.0 Å². The van der Waals surface area contributed by atoms with Gasteiger partial charge in [0, 0.05) is 47.2 Å². The number of allylic oxidation sites excluding steroid dienone is 1. The normalized spacial score (nSPS) is 15.1. The summed E-state index contributed by atoms with van der Waals surface area (Å²) in [5.41, 5.74) is 6.87. The molecule has 2 aliphatic rings. The van der Waals surface area contributed by atoms with Crippen LogP contribution in [-0.2, 0) is 13.2 Å². The van der Waals surface area contributed by atoms with E-state index >= 15 is 0 Å². The third-order valence-electron chi connectivity index (χ3n) is 6.76. The average Bonchev–Trinajstić information content (AvgIpc) is 3.38. The van der Waals surface area contributed by atoms with Gasteiger partial charge in [-0.05, 0) is 73.5 Å². The number of nitrogens with one attached hydrogen (secondary N) is 2. The summed E-state index contributed by atoms with van der Waals surface area (Å²) in [6.45, 7) is 3.03. The number of rotatable bonds is 6. The average molecular weight is 566 g/mol. The smallest absolute Gasteiger partial charge is 0.142 e. The third kappa shape index (κ3) is 6.77. The number of hydrazine groups is 2. The Hall–Kier alpha value is -3.99. The van der Waals surface area contributed by atoms with Crippen LogP contribution in [0.2, 0.25) is 5.02 Å². The van der Waals surface area contributed by atoms with Gasteiger partial charge in [0.15, 0.2) is 0 Å². The number of hydrogen-bond donors (Lipinski definition) is 3. The molecule has 208 valence electrons. The van der Waals surface area contributed by atoms with Crippen molar-refractivity contribution in [3.8, 4) is 16.9 Å². The Morgan fingerprint density at radius 1 is 1.00 bits per heavy atom. The number of benzene rings is 2. The van der Waals surface area contributed by atoms with Crippen LogP contribution in [0.1, 0.15) is 30.4 Å². The molecule has 6 rings (SSSR count). The van der Waals surface area contributed by atoms with Crippen LogP contribution < -0.4 is 16.0 Å². The first-order valence-corrected chi connectivity index (χ1v) is 13.4. The molecule has 0 aliphatic carbocycles. The number of aromatic amines is 1. The largest absolute Gasteiger partial charge is 0.487 e. The van der Waals surface area contributed by atoms with Gasteiger partial charge in [-0.1, -0.05) is 24.1 Å². The molecule has 1 fully saturated rings. The first-order chi connectivity index (χ1) is 19.5. The lowest BCUT2D eigenvalue weighted by atomic mass is 10.0. The van der Waals surface area contributed by atoms with Crippen molar-refractivity contribution in [1.82, 2.24) is 25.5 Å². The fourth-order valence-electron chi connectivity index (χ4n) is 4.67. The van der Waals surface area contributed by atoms with Gasteiger partial charge in [0.25, 0.3) is 0 Å². The van der Waals surface area contributed by atoms with E-state index in [4.69, 9.17) is 22.2 Å². The maximum absolute atomic E-state index is 14.0. The standard InChI is InChI=1S/C26H24ClF2N3O.C3H6N4/c27-26-22(23(28)5-6-24(26)29)16-33-20-10-18(12-30-14-20)17-4-7-25-21(11-17)19(13-31-25)15-32-8-2-1-3-9-32;4-7-5-2-1-3-6-7/h4-7,10-14,31H,1-3,8-9,15-16H2;1-3,5H,4H2. The van der Waals surface area contributed by atoms with Crippen molar-refractivity contribution in [2.75, 3.05) is 13.1 Å². The Morgan fingerprint density at radius 2 is 1.82 bits per heavy atom. The molecule has 11 heteroatoms. The highest BCUT2D eigenvalue weighted by molar-refractivity contribution is 6.31. The molecule has 2 aromatic heterocycles. The summed E-state index contributed by atoms with van der Waals surface area (Å²) >= 11 is 5.90. The van der Waals surface area contributed by atoms with Gasteiger partial charge < -0.3 is 9.72 Å². The highest BCUT2D eigenvalue weighted by Gasteiger charge is 2.15. The Labute approximate surface area is 236 Å². The van der Waals surface area contributed by atoms with E-state index in [0.29, 0.717) is 5.75 Å². The molecule has 40 heavy (non-hydrogen) atoms. The zero-order chi connectivity index (χ0) is 27.9. The molecule has 4 heterocycles. The van der Waals surface area contributed by atoms with Crippen LogP contribution in [0.3, 0.4) is 0 Å². The topological polar surface area (TPSA) is 94.8 Å². The lowest BCUT2D eigenvalue weighted by Crippen LogP contribution is -2.37. The van der Waals surface area contributed by atoms with E-state index in [-0.39, 0.29) is 17.2 Å². The van der Waals surface area contributed by atoms with Crippen LogP contribution in [0.15, 0.2) is 72.4 Å². The van der Waals surface area contributed by atoms with Gasteiger partial charge in [0.2, 0.25) is 0 Å². The molecule has 0 bridgehead atoms. The monoisotopic (exact) mass is 565 g/mol. The number of H-pyrrole nitrogens is 1. The van der Waals surface area contributed by atoms with Gasteiger partial charge in [-0.2, -0.15) is 0 Å². The minimum Gasteiger partial charge on any atom is -0.487 e. The second-order valence-electron chi connectivity index (χ2n) is 9.53. The number of fused-ring (bicyclic) bond motifs is 1. The van der Waals surface area contributed by atoms with E-state index in [9.17, 15) is 8.78 Å². The molecular weight excluding hydrogens is 536 g/mol. The van der Waals surface area contributed by atoms with E-state index < -0.39 is 11.6 Å². The summed E-state index contributed by atoms with van der Waals surface area (Å²) in [7, 11) is 0. The van der Waals surface area contributed by atoms with Crippen LogP contribution in [0.25, 0.3) is 22.0 Å². The number of pyridine rings is 1. The first kappa shape index (κ1) is 27.6. The summed E-state index contributed by atoms with van der Waals surface area (Å²) < 4.78 is 33.4. The Kier molecular flexibility index (Phi) is 8.90. The van der Waals surface area contributed by atoms with Gasteiger partial charge in [0.1, 0.15) is 24.0 Å². The van der Waals surface area contributed by atoms with Gasteiger partial charge >= 0.3 is 0 Å². The van der Waals surface area contributed by atoms with Crippen LogP contribution in [0.4, 0.5) is 8.78 Å². The number of halogens is 3. The van der Waals surface area contributed by atoms with E-state index in [0.717, 1.165) is 53.6 Å². The lowest BCUT2D eigenvalue weighted by molar-refractivity contribution is 0.221. The van der Waals surface area contributed by atoms with Crippen LogP contribution in [-0.4, -0.2) is 39.4 Å². The molecule has 2 aromatic carbocycles. The second kappa shape index (κ2) is 12.9. The van der Waals surface area contributed by atoms with Crippen molar-refractivity contribution in [2.24, 2.45) is 10.9 Å². The van der Waals surface area contributed by atoms with Crippen molar-refractivity contribution >= 4 is 28.7 Å². The van der Waals surface area contributed by atoms with E-state index in [1.54, 1.807) is 30.9 Å². The first-order valence-electron chi connectivity index (χ1n) is 13.0. The van der Waals surface area contributed by atoms with Gasteiger partial charge in [-0.25, -0.2) is 14.6 Å². The van der Waals surface area contributed by atoms with Crippen molar-refractivity contribution < 1.29 is 13.5 Å². The minimum atomic E-state index is -0.677. The predicted molar refractivity (Wildman–Crippen MR) is 153 cm³/mol. The number of likely N-dealkylation sites (tertiary alicyclic amines) is 1. The van der Waals surface area contributed by atoms with Gasteiger partial charge in [-0.15, -0.1) is 10.3 Å². The minimum absolute atomic E-state index is 0.0156. The highest BCUT2D eigenvalue weighted by atomic mass is 35.5. The van der Waals surface area contributed by atoms with Gasteiger partial charge in [-0.3, -0.25) is 15.3 Å². The number of hydrazone groups is 1. The van der Waals surface area contributed by atoms with Crippen molar-refractivity contribution in [3.63, 3.8) is 0 Å². The summed E-state index contributed by atoms with van der Waals surface area (Å²) in [6.07, 6.45) is 14.3. The lowest BCUT2D eigenvalue weighted by Gasteiger charge is -2.26. The van der Waals surface area contributed by atoms with E-state index in [2.05, 4.69) is 43.7 Å². The number of hydrogen-bond acceptors (Lipinski definition) is 7. The van der Waals surface area contributed by atoms with Gasteiger partial charge in [0.05, 0.1) is 17.4 Å². The summed E-state index contributed by atoms with van der Waals surface area (Å²) in [6, 6.07) is 10.2. The molecule has 4 N–H and O–H groups in total. The Balaban J connectivity index is 0.000000403. The van der Waals surface area contributed by atoms with E-state index in [1.807, 2.05) is 12.1 Å². The molecule has 2 aliphatic heterocycles. The molecule has 4 aromatic rings. The summed E-state index contributed by atoms with van der Waals surface area (Å²) in [4.78, 5) is 10.2. The molecule has 0 atom stereocenters. The molecule has 0 amide bonds. The zero-order valence-corrected chi connectivity index (χ0v) is 22.5. The molecule has 0 unspecified atom stereocenters. The van der Waals surface area contributed by atoms with Crippen molar-refractivity contribution in [2.45, 2.75) is 32.4 Å². The highest BCUT2D eigenvalue weighted by Crippen LogP contribution is 2.30.